The Bertz CT molecular complexity index is 439. The zero-order valence-corrected chi connectivity index (χ0v) is 13.3. The van der Waals surface area contributed by atoms with E-state index in [1.54, 1.807) is 7.11 Å². The standard InChI is InChI=1S/C12H23NO7S/c1-9-10(8-20-21(3,16)17)13(12(14)15)7-11(9)19-6-4-5-18-2/h9-11H,4-8H2,1-3H3,(H,14,15). The minimum atomic E-state index is -3.60. The van der Waals surface area contributed by atoms with E-state index in [1.807, 2.05) is 6.92 Å². The lowest BCUT2D eigenvalue weighted by molar-refractivity contribution is 0.0240. The summed E-state index contributed by atoms with van der Waals surface area (Å²) in [6, 6.07) is -0.537. The number of nitrogens with zero attached hydrogens (tertiary/aromatic N) is 1. The second-order valence-electron chi connectivity index (χ2n) is 5.11. The van der Waals surface area contributed by atoms with E-state index in [9.17, 15) is 18.3 Å². The van der Waals surface area contributed by atoms with Crippen molar-refractivity contribution in [3.05, 3.63) is 0 Å². The van der Waals surface area contributed by atoms with Gasteiger partial charge in [0, 0.05) is 26.2 Å². The van der Waals surface area contributed by atoms with Crippen LogP contribution in [0.25, 0.3) is 0 Å². The molecule has 1 aliphatic rings. The highest BCUT2D eigenvalue weighted by Gasteiger charge is 2.42. The third-order valence-corrected chi connectivity index (χ3v) is 4.06. The molecule has 1 rings (SSSR count). The first-order valence-corrected chi connectivity index (χ1v) is 8.52. The molecule has 1 amide bonds. The number of hydrogen-bond acceptors (Lipinski definition) is 6. The van der Waals surface area contributed by atoms with Crippen LogP contribution in [-0.4, -0.2) is 76.4 Å². The van der Waals surface area contributed by atoms with Crippen molar-refractivity contribution in [3.8, 4) is 0 Å². The smallest absolute Gasteiger partial charge is 0.407 e. The van der Waals surface area contributed by atoms with Crippen molar-refractivity contribution in [1.82, 2.24) is 4.90 Å². The van der Waals surface area contributed by atoms with Gasteiger partial charge in [0.2, 0.25) is 0 Å². The number of carboxylic acid groups (broad SMARTS) is 1. The van der Waals surface area contributed by atoms with Crippen LogP contribution >= 0.6 is 0 Å². The van der Waals surface area contributed by atoms with Crippen LogP contribution in [0.3, 0.4) is 0 Å². The Morgan fingerprint density at radius 3 is 2.57 bits per heavy atom. The highest BCUT2D eigenvalue weighted by atomic mass is 32.2. The van der Waals surface area contributed by atoms with Crippen LogP contribution in [-0.2, 0) is 23.8 Å². The van der Waals surface area contributed by atoms with Gasteiger partial charge in [-0.3, -0.25) is 4.18 Å². The fourth-order valence-electron chi connectivity index (χ4n) is 2.32. The quantitative estimate of drug-likeness (QED) is 0.508. The summed E-state index contributed by atoms with van der Waals surface area (Å²) in [5, 5.41) is 9.20. The third kappa shape index (κ3) is 5.77. The van der Waals surface area contributed by atoms with Gasteiger partial charge in [0.1, 0.15) is 0 Å². The van der Waals surface area contributed by atoms with Crippen LogP contribution in [0.5, 0.6) is 0 Å². The van der Waals surface area contributed by atoms with Gasteiger partial charge in [-0.2, -0.15) is 8.42 Å². The van der Waals surface area contributed by atoms with Gasteiger partial charge in [-0.25, -0.2) is 4.79 Å². The Morgan fingerprint density at radius 1 is 1.38 bits per heavy atom. The Kier molecular flexibility index (Phi) is 6.85. The molecule has 1 aliphatic heterocycles. The lowest BCUT2D eigenvalue weighted by Gasteiger charge is -2.23. The lowest BCUT2D eigenvalue weighted by Crippen LogP contribution is -2.40. The summed E-state index contributed by atoms with van der Waals surface area (Å²) in [6.45, 7) is 2.89. The minimum absolute atomic E-state index is 0.148. The number of rotatable bonds is 8. The molecule has 1 N–H and O–H groups in total. The Hall–Kier alpha value is -0.900. The van der Waals surface area contributed by atoms with E-state index in [2.05, 4.69) is 0 Å². The van der Waals surface area contributed by atoms with Crippen LogP contribution in [0, 0.1) is 5.92 Å². The Balaban J connectivity index is 2.60. The molecule has 3 atom stereocenters. The van der Waals surface area contributed by atoms with Gasteiger partial charge in [0.15, 0.2) is 0 Å². The molecule has 0 saturated carbocycles. The summed E-state index contributed by atoms with van der Waals surface area (Å²) in [4.78, 5) is 12.4. The van der Waals surface area contributed by atoms with Crippen molar-refractivity contribution >= 4 is 16.2 Å². The van der Waals surface area contributed by atoms with Crippen molar-refractivity contribution in [2.45, 2.75) is 25.5 Å². The highest BCUT2D eigenvalue weighted by Crippen LogP contribution is 2.27. The van der Waals surface area contributed by atoms with Gasteiger partial charge in [-0.1, -0.05) is 6.92 Å². The molecular weight excluding hydrogens is 302 g/mol. The topological polar surface area (TPSA) is 102 Å². The van der Waals surface area contributed by atoms with E-state index in [0.717, 1.165) is 12.7 Å². The van der Waals surface area contributed by atoms with E-state index < -0.39 is 22.3 Å². The number of ether oxygens (including phenoxy) is 2. The van der Waals surface area contributed by atoms with E-state index in [0.29, 0.717) is 13.2 Å². The summed E-state index contributed by atoms with van der Waals surface area (Å²) in [5.74, 6) is -0.148. The monoisotopic (exact) mass is 325 g/mol. The van der Waals surface area contributed by atoms with Crippen LogP contribution in [0.2, 0.25) is 0 Å². The molecule has 21 heavy (non-hydrogen) atoms. The number of amides is 1. The first kappa shape index (κ1) is 18.1. The highest BCUT2D eigenvalue weighted by molar-refractivity contribution is 7.85. The minimum Gasteiger partial charge on any atom is -0.465 e. The molecule has 124 valence electrons. The van der Waals surface area contributed by atoms with Crippen LogP contribution in [0.1, 0.15) is 13.3 Å². The maximum Gasteiger partial charge on any atom is 0.407 e. The van der Waals surface area contributed by atoms with Crippen molar-refractivity contribution in [1.29, 1.82) is 0 Å². The predicted molar refractivity (Wildman–Crippen MR) is 74.7 cm³/mol. The molecule has 0 aromatic carbocycles. The lowest BCUT2D eigenvalue weighted by atomic mass is 10.0. The molecule has 0 spiro atoms. The number of carbonyl (C=O) groups is 1. The largest absolute Gasteiger partial charge is 0.465 e. The molecule has 1 heterocycles. The molecule has 1 fully saturated rings. The SMILES string of the molecule is COCCCOC1CN(C(=O)O)C(COS(C)(=O)=O)C1C. The molecule has 1 saturated heterocycles. The molecule has 8 nitrogen and oxygen atoms in total. The molecule has 0 aromatic heterocycles. The Labute approximate surface area is 125 Å². The van der Waals surface area contributed by atoms with Crippen molar-refractivity contribution in [2.75, 3.05) is 39.7 Å². The van der Waals surface area contributed by atoms with Gasteiger partial charge in [0.25, 0.3) is 10.1 Å². The van der Waals surface area contributed by atoms with E-state index in [1.165, 1.54) is 4.90 Å². The first-order chi connectivity index (χ1) is 9.76. The molecule has 0 radical (unpaired) electrons. The maximum absolute atomic E-state index is 11.2. The Morgan fingerprint density at radius 2 is 2.05 bits per heavy atom. The summed E-state index contributed by atoms with van der Waals surface area (Å²) in [5.41, 5.74) is 0. The zero-order valence-electron chi connectivity index (χ0n) is 12.5. The third-order valence-electron chi connectivity index (χ3n) is 3.49. The molecule has 0 bridgehead atoms. The van der Waals surface area contributed by atoms with Gasteiger partial charge in [-0.15, -0.1) is 0 Å². The van der Waals surface area contributed by atoms with E-state index in [4.69, 9.17) is 13.7 Å². The van der Waals surface area contributed by atoms with Gasteiger partial charge < -0.3 is 19.5 Å². The molecule has 3 unspecified atom stereocenters. The van der Waals surface area contributed by atoms with Gasteiger partial charge >= 0.3 is 6.09 Å². The average Bonchev–Trinajstić information content (AvgIpc) is 2.69. The van der Waals surface area contributed by atoms with Crippen molar-refractivity contribution in [3.63, 3.8) is 0 Å². The number of methoxy groups -OCH3 is 1. The number of hydrogen-bond donors (Lipinski definition) is 1. The molecule has 0 aromatic rings. The summed E-state index contributed by atoms with van der Waals surface area (Å²) < 4.78 is 37.5. The summed E-state index contributed by atoms with van der Waals surface area (Å²) in [7, 11) is -2.00. The van der Waals surface area contributed by atoms with Crippen LogP contribution in [0.15, 0.2) is 0 Å². The average molecular weight is 325 g/mol. The zero-order chi connectivity index (χ0) is 16.0. The van der Waals surface area contributed by atoms with E-state index in [-0.39, 0.29) is 25.2 Å². The second-order valence-corrected chi connectivity index (χ2v) is 6.75. The van der Waals surface area contributed by atoms with Crippen molar-refractivity contribution < 1.29 is 32.0 Å². The summed E-state index contributed by atoms with van der Waals surface area (Å²) in [6.07, 6.45) is 0.284. The normalized spacial score (nSPS) is 26.2. The van der Waals surface area contributed by atoms with Crippen LogP contribution < -0.4 is 0 Å². The molecule has 9 heteroatoms. The second kappa shape index (κ2) is 7.92. The first-order valence-electron chi connectivity index (χ1n) is 6.70. The van der Waals surface area contributed by atoms with Crippen molar-refractivity contribution in [2.24, 2.45) is 5.92 Å². The predicted octanol–water partition coefficient (Wildman–Crippen LogP) is 0.383. The number of likely N-dealkylation sites (tertiary alicyclic amines) is 1. The van der Waals surface area contributed by atoms with E-state index >= 15 is 0 Å². The molecule has 0 aliphatic carbocycles. The fourth-order valence-corrected chi connectivity index (χ4v) is 2.71. The summed E-state index contributed by atoms with van der Waals surface area (Å²) >= 11 is 0. The maximum atomic E-state index is 11.2. The van der Waals surface area contributed by atoms with Gasteiger partial charge in [0.05, 0.1) is 31.6 Å². The fraction of sp³-hybridized carbons (Fsp3) is 0.917. The van der Waals surface area contributed by atoms with Gasteiger partial charge in [-0.05, 0) is 6.42 Å². The molecular formula is C12H23NO7S. The van der Waals surface area contributed by atoms with Crippen LogP contribution in [0.4, 0.5) is 4.79 Å².